The van der Waals surface area contributed by atoms with Crippen LogP contribution in [0.1, 0.15) is 18.1 Å². The maximum absolute atomic E-state index is 13.3. The Balaban J connectivity index is 0.000000296. The van der Waals surface area contributed by atoms with E-state index in [1.807, 2.05) is 60.7 Å². The average molecular weight is 793 g/mol. The van der Waals surface area contributed by atoms with Crippen LogP contribution in [0.4, 0.5) is 48.7 Å². The highest BCUT2D eigenvalue weighted by Gasteiger charge is 2.30. The summed E-state index contributed by atoms with van der Waals surface area (Å²) in [5.41, 5.74) is 1.64. The molecule has 10 nitrogen and oxygen atoms in total. The van der Waals surface area contributed by atoms with E-state index >= 15 is 0 Å². The summed E-state index contributed by atoms with van der Waals surface area (Å²) >= 11 is 0. The van der Waals surface area contributed by atoms with Gasteiger partial charge in [-0.05, 0) is 18.1 Å². The van der Waals surface area contributed by atoms with Crippen molar-refractivity contribution in [2.24, 2.45) is 0 Å². The minimum Gasteiger partial charge on any atom is -0.480 e. The number of benzene rings is 4. The van der Waals surface area contributed by atoms with Gasteiger partial charge >= 0.3 is 12.1 Å². The molecule has 0 aromatic heterocycles. The standard InChI is InChI=1S/C20H22N2O5.C15H4F10O3/c1-14(19(24)25)21-18(23)17(12-15-8-4-2-5-9-15)22-20(26)27-13-16-10-6-3-7-11-16;16-4-6(18)10(22)14(11(23)7(4)19)27-1-3(26)2-28-15-12(24)8(20)5(17)9(21)13(15)25/h2-11,14,17H,12-13H2,1H3,(H,21,23)(H,22,26)(H,24,25);1-2H2/t14-,17-;/m0./s1. The number of hydrogen-bond donors (Lipinski definition) is 3. The van der Waals surface area contributed by atoms with Crippen LogP contribution in [0.2, 0.25) is 0 Å². The molecule has 4 aromatic rings. The van der Waals surface area contributed by atoms with Gasteiger partial charge in [0.15, 0.2) is 24.7 Å². The smallest absolute Gasteiger partial charge is 0.408 e. The SMILES string of the molecule is C[C@H](NC(=O)[C@H](Cc1ccccc1)NC(=O)OCc1ccccc1)C(=O)O.O=C(COc1c(F)c(F)c(F)c(F)c1F)COc1c(F)c(F)c(F)c(F)c1F. The van der Waals surface area contributed by atoms with Gasteiger partial charge in [-0.25, -0.2) is 31.1 Å². The van der Waals surface area contributed by atoms with Crippen molar-refractivity contribution >= 4 is 23.8 Å². The molecule has 0 aliphatic rings. The number of rotatable bonds is 14. The van der Waals surface area contributed by atoms with E-state index < -0.39 is 119 Å². The summed E-state index contributed by atoms with van der Waals surface area (Å²) in [7, 11) is 0. The lowest BCUT2D eigenvalue weighted by molar-refractivity contribution is -0.141. The van der Waals surface area contributed by atoms with Crippen molar-refractivity contribution in [1.82, 2.24) is 10.6 Å². The normalized spacial score (nSPS) is 11.7. The van der Waals surface area contributed by atoms with Crippen molar-refractivity contribution in [2.75, 3.05) is 13.2 Å². The lowest BCUT2D eigenvalue weighted by Crippen LogP contribution is -2.51. The third-order valence-corrected chi connectivity index (χ3v) is 6.93. The van der Waals surface area contributed by atoms with Crippen LogP contribution in [0.3, 0.4) is 0 Å². The lowest BCUT2D eigenvalue weighted by atomic mass is 10.1. The first-order valence-corrected chi connectivity index (χ1v) is 15.3. The Morgan fingerprint density at radius 3 is 1.36 bits per heavy atom. The maximum atomic E-state index is 13.3. The number of carboxylic acid groups (broad SMARTS) is 1. The number of ether oxygens (including phenoxy) is 3. The van der Waals surface area contributed by atoms with Crippen LogP contribution in [0.15, 0.2) is 60.7 Å². The number of halogens is 10. The van der Waals surface area contributed by atoms with Crippen LogP contribution in [0.25, 0.3) is 0 Å². The third kappa shape index (κ3) is 11.6. The van der Waals surface area contributed by atoms with Gasteiger partial charge in [-0.1, -0.05) is 60.7 Å². The highest BCUT2D eigenvalue weighted by atomic mass is 19.2. The number of alkyl carbamates (subject to hydrolysis) is 1. The van der Waals surface area contributed by atoms with Crippen molar-refractivity contribution in [2.45, 2.75) is 32.0 Å². The summed E-state index contributed by atoms with van der Waals surface area (Å²) in [6, 6.07) is 16.2. The number of hydrogen-bond acceptors (Lipinski definition) is 7. The van der Waals surface area contributed by atoms with Crippen molar-refractivity contribution in [3.05, 3.63) is 130 Å². The fourth-order valence-electron chi connectivity index (χ4n) is 4.11. The largest absolute Gasteiger partial charge is 0.480 e. The Hall–Kier alpha value is -6.34. The van der Waals surface area contributed by atoms with E-state index in [0.29, 0.717) is 0 Å². The van der Waals surface area contributed by atoms with Crippen molar-refractivity contribution in [3.63, 3.8) is 0 Å². The molecule has 0 saturated heterocycles. The first-order valence-electron chi connectivity index (χ1n) is 15.3. The molecule has 0 spiro atoms. The quantitative estimate of drug-likeness (QED) is 0.0778. The number of aliphatic carboxylic acids is 1. The summed E-state index contributed by atoms with van der Waals surface area (Å²) in [6.45, 7) is -1.42. The molecule has 20 heteroatoms. The topological polar surface area (TPSA) is 140 Å². The average Bonchev–Trinajstić information content (AvgIpc) is 3.17. The van der Waals surface area contributed by atoms with Crippen LogP contribution in [0, 0.1) is 58.2 Å². The van der Waals surface area contributed by atoms with Gasteiger partial charge in [0.2, 0.25) is 69.9 Å². The molecule has 0 heterocycles. The molecule has 294 valence electrons. The second-order valence-corrected chi connectivity index (χ2v) is 10.9. The fraction of sp³-hybridized carbons (Fsp3) is 0.200. The van der Waals surface area contributed by atoms with E-state index in [0.717, 1.165) is 11.1 Å². The number of carbonyl (C=O) groups is 4. The molecular weight excluding hydrogens is 766 g/mol. The number of carbonyl (C=O) groups excluding carboxylic acids is 3. The minimum atomic E-state index is -2.48. The predicted molar refractivity (Wildman–Crippen MR) is 167 cm³/mol. The molecule has 0 unspecified atom stereocenters. The van der Waals surface area contributed by atoms with Crippen molar-refractivity contribution in [3.8, 4) is 11.5 Å². The number of nitrogens with one attached hydrogen (secondary N) is 2. The Labute approximate surface area is 303 Å². The molecule has 0 radical (unpaired) electrons. The van der Waals surface area contributed by atoms with E-state index in [1.54, 1.807) is 0 Å². The lowest BCUT2D eigenvalue weighted by Gasteiger charge is -2.20. The molecule has 0 aliphatic carbocycles. The van der Waals surface area contributed by atoms with Gasteiger partial charge in [-0.2, -0.15) is 17.6 Å². The van der Waals surface area contributed by atoms with E-state index in [-0.39, 0.29) is 13.0 Å². The molecule has 4 rings (SSSR count). The highest BCUT2D eigenvalue weighted by Crippen LogP contribution is 2.30. The van der Waals surface area contributed by atoms with E-state index in [9.17, 15) is 63.1 Å². The van der Waals surface area contributed by atoms with Gasteiger partial charge in [-0.3, -0.25) is 14.4 Å². The fourth-order valence-corrected chi connectivity index (χ4v) is 4.11. The molecule has 0 saturated carbocycles. The van der Waals surface area contributed by atoms with E-state index in [4.69, 9.17) is 9.84 Å². The summed E-state index contributed by atoms with van der Waals surface area (Å²) in [5, 5.41) is 13.9. The van der Waals surface area contributed by atoms with Gasteiger partial charge in [0.25, 0.3) is 0 Å². The first-order chi connectivity index (χ1) is 25.9. The molecule has 55 heavy (non-hydrogen) atoms. The van der Waals surface area contributed by atoms with Crippen LogP contribution >= 0.6 is 0 Å². The van der Waals surface area contributed by atoms with Gasteiger partial charge in [0.1, 0.15) is 18.7 Å². The van der Waals surface area contributed by atoms with Crippen LogP contribution in [0.5, 0.6) is 11.5 Å². The van der Waals surface area contributed by atoms with Gasteiger partial charge in [-0.15, -0.1) is 0 Å². The second kappa shape index (κ2) is 19.7. The number of ketones is 1. The van der Waals surface area contributed by atoms with Crippen LogP contribution < -0.4 is 20.1 Å². The van der Waals surface area contributed by atoms with Crippen LogP contribution in [-0.2, 0) is 32.1 Å². The Morgan fingerprint density at radius 1 is 0.582 bits per heavy atom. The zero-order valence-corrected chi connectivity index (χ0v) is 27.8. The molecule has 2 atom stereocenters. The van der Waals surface area contributed by atoms with Gasteiger partial charge in [0.05, 0.1) is 0 Å². The minimum absolute atomic E-state index is 0.0673. The molecule has 3 N–H and O–H groups in total. The van der Waals surface area contributed by atoms with E-state index in [2.05, 4.69) is 20.1 Å². The highest BCUT2D eigenvalue weighted by molar-refractivity contribution is 5.89. The number of amides is 2. The third-order valence-electron chi connectivity index (χ3n) is 6.93. The van der Waals surface area contributed by atoms with Crippen molar-refractivity contribution in [1.29, 1.82) is 0 Å². The summed E-state index contributed by atoms with van der Waals surface area (Å²) in [4.78, 5) is 47.0. The molecular formula is C35H26F10N2O8. The monoisotopic (exact) mass is 792 g/mol. The van der Waals surface area contributed by atoms with Gasteiger partial charge < -0.3 is 30.0 Å². The predicted octanol–water partition coefficient (Wildman–Crippen LogP) is 6.22. The summed E-state index contributed by atoms with van der Waals surface area (Å²) < 4.78 is 144. The van der Waals surface area contributed by atoms with Crippen molar-refractivity contribution < 1.29 is 82.4 Å². The molecule has 4 aromatic carbocycles. The Morgan fingerprint density at radius 2 is 0.964 bits per heavy atom. The molecule has 0 fully saturated rings. The number of carboxylic acids is 1. The van der Waals surface area contributed by atoms with Crippen LogP contribution in [-0.4, -0.2) is 54.2 Å². The Kier molecular flexibility index (Phi) is 15.4. The molecule has 2 amide bonds. The Bertz CT molecular complexity index is 1890. The van der Waals surface area contributed by atoms with Gasteiger partial charge in [0, 0.05) is 6.42 Å². The summed E-state index contributed by atoms with van der Waals surface area (Å²) in [5.74, 6) is -30.8. The summed E-state index contributed by atoms with van der Waals surface area (Å²) in [6.07, 6.45) is -0.544. The number of Topliss-reactive ketones (excluding diaryl/α,β-unsaturated/α-hetero) is 1. The first kappa shape index (κ1) is 43.1. The zero-order chi connectivity index (χ0) is 41.0. The maximum Gasteiger partial charge on any atom is 0.408 e. The zero-order valence-electron chi connectivity index (χ0n) is 27.8. The molecule has 0 bridgehead atoms. The molecule has 0 aliphatic heterocycles. The van der Waals surface area contributed by atoms with E-state index in [1.165, 1.54) is 6.92 Å². The second-order valence-electron chi connectivity index (χ2n) is 10.9.